The summed E-state index contributed by atoms with van der Waals surface area (Å²) in [4.78, 5) is 12.2. The first-order valence-electron chi connectivity index (χ1n) is 7.92. The number of hydrogen-bond acceptors (Lipinski definition) is 4. The first kappa shape index (κ1) is 16.7. The van der Waals surface area contributed by atoms with Crippen molar-refractivity contribution >= 4 is 21.6 Å². The average Bonchev–Trinajstić information content (AvgIpc) is 3.10. The van der Waals surface area contributed by atoms with Gasteiger partial charge in [-0.3, -0.25) is 4.79 Å². The number of hydrogen-bond donors (Lipinski definition) is 1. The van der Waals surface area contributed by atoms with Crippen LogP contribution in [0.3, 0.4) is 0 Å². The van der Waals surface area contributed by atoms with Gasteiger partial charge in [-0.15, -0.1) is 0 Å². The highest BCUT2D eigenvalue weighted by Crippen LogP contribution is 2.24. The van der Waals surface area contributed by atoms with Gasteiger partial charge in [-0.25, -0.2) is 8.42 Å². The van der Waals surface area contributed by atoms with Gasteiger partial charge in [0.15, 0.2) is 5.76 Å². The molecule has 1 amide bonds. The van der Waals surface area contributed by atoms with Crippen LogP contribution in [0.4, 0.5) is 5.69 Å². The summed E-state index contributed by atoms with van der Waals surface area (Å²) in [5, 5.41) is 2.67. The van der Waals surface area contributed by atoms with Crippen molar-refractivity contribution in [3.8, 4) is 0 Å². The lowest BCUT2D eigenvalue weighted by molar-refractivity contribution is 0.0996. The highest BCUT2D eigenvalue weighted by molar-refractivity contribution is 7.89. The molecule has 6 nitrogen and oxygen atoms in total. The van der Waals surface area contributed by atoms with Crippen molar-refractivity contribution in [2.24, 2.45) is 5.92 Å². The van der Waals surface area contributed by atoms with Crippen LogP contribution in [0.2, 0.25) is 0 Å². The van der Waals surface area contributed by atoms with E-state index >= 15 is 0 Å². The standard InChI is InChI=1S/C17H20N2O4S/c1-13-4-2-10-19(12-13)24(21,22)15-8-6-14(7-9-15)18-17(20)16-5-3-11-23-16/h3,5-9,11,13H,2,4,10,12H2,1H3,(H,18,20)/t13-/m1/s1. The Bertz CT molecular complexity index is 798. The Morgan fingerprint density at radius 3 is 2.62 bits per heavy atom. The molecule has 128 valence electrons. The zero-order valence-electron chi connectivity index (χ0n) is 13.4. The number of benzene rings is 1. The molecule has 1 aliphatic rings. The summed E-state index contributed by atoms with van der Waals surface area (Å²) < 4.78 is 31.9. The van der Waals surface area contributed by atoms with Gasteiger partial charge in [0.25, 0.3) is 5.91 Å². The molecule has 0 unspecified atom stereocenters. The lowest BCUT2D eigenvalue weighted by atomic mass is 10.0. The van der Waals surface area contributed by atoms with Gasteiger partial charge in [-0.1, -0.05) is 6.92 Å². The van der Waals surface area contributed by atoms with E-state index in [1.807, 2.05) is 0 Å². The maximum atomic E-state index is 12.7. The van der Waals surface area contributed by atoms with E-state index in [1.165, 1.54) is 22.7 Å². The van der Waals surface area contributed by atoms with E-state index in [9.17, 15) is 13.2 Å². The van der Waals surface area contributed by atoms with E-state index in [-0.39, 0.29) is 16.6 Å². The Labute approximate surface area is 141 Å². The molecule has 2 heterocycles. The summed E-state index contributed by atoms with van der Waals surface area (Å²) in [5.41, 5.74) is 0.516. The maximum Gasteiger partial charge on any atom is 0.291 e. The quantitative estimate of drug-likeness (QED) is 0.921. The molecular weight excluding hydrogens is 328 g/mol. The first-order chi connectivity index (χ1) is 11.5. The number of piperidine rings is 1. The van der Waals surface area contributed by atoms with Gasteiger partial charge >= 0.3 is 0 Å². The molecule has 2 aromatic rings. The van der Waals surface area contributed by atoms with Crippen molar-refractivity contribution in [1.29, 1.82) is 0 Å². The number of anilines is 1. The van der Waals surface area contributed by atoms with Gasteiger partial charge in [-0.2, -0.15) is 4.31 Å². The molecule has 7 heteroatoms. The molecule has 0 bridgehead atoms. The van der Waals surface area contributed by atoms with Gasteiger partial charge in [0.1, 0.15) is 0 Å². The van der Waals surface area contributed by atoms with Crippen LogP contribution in [0.25, 0.3) is 0 Å². The Balaban J connectivity index is 1.73. The van der Waals surface area contributed by atoms with E-state index in [0.717, 1.165) is 12.8 Å². The van der Waals surface area contributed by atoms with Crippen LogP contribution in [0.5, 0.6) is 0 Å². The molecule has 24 heavy (non-hydrogen) atoms. The molecule has 0 aliphatic carbocycles. The van der Waals surface area contributed by atoms with E-state index in [0.29, 0.717) is 24.7 Å². The fraction of sp³-hybridized carbons (Fsp3) is 0.353. The Morgan fingerprint density at radius 1 is 1.25 bits per heavy atom. The van der Waals surface area contributed by atoms with Crippen molar-refractivity contribution in [3.05, 3.63) is 48.4 Å². The lowest BCUT2D eigenvalue weighted by Crippen LogP contribution is -2.39. The van der Waals surface area contributed by atoms with Crippen molar-refractivity contribution < 1.29 is 17.6 Å². The highest BCUT2D eigenvalue weighted by Gasteiger charge is 2.28. The van der Waals surface area contributed by atoms with Crippen LogP contribution < -0.4 is 5.32 Å². The number of furan rings is 1. The zero-order valence-corrected chi connectivity index (χ0v) is 14.3. The normalized spacial score (nSPS) is 19.1. The summed E-state index contributed by atoms with van der Waals surface area (Å²) in [5.74, 6) is 0.204. The third-order valence-corrected chi connectivity index (χ3v) is 5.99. The number of carbonyl (C=O) groups is 1. The molecule has 1 aromatic carbocycles. The van der Waals surface area contributed by atoms with Crippen molar-refractivity contribution in [1.82, 2.24) is 4.31 Å². The summed E-state index contributed by atoms with van der Waals surface area (Å²) in [6, 6.07) is 9.40. The molecule has 1 N–H and O–H groups in total. The van der Waals surface area contributed by atoms with E-state index in [1.54, 1.807) is 24.3 Å². The minimum atomic E-state index is -3.48. The third-order valence-electron chi connectivity index (χ3n) is 4.11. The largest absolute Gasteiger partial charge is 0.459 e. The van der Waals surface area contributed by atoms with Crippen molar-refractivity contribution in [2.75, 3.05) is 18.4 Å². The second-order valence-corrected chi connectivity index (χ2v) is 8.00. The number of nitrogens with one attached hydrogen (secondary N) is 1. The van der Waals surface area contributed by atoms with Crippen LogP contribution in [-0.2, 0) is 10.0 Å². The molecule has 0 spiro atoms. The van der Waals surface area contributed by atoms with Gasteiger partial charge in [0.2, 0.25) is 10.0 Å². The van der Waals surface area contributed by atoms with Gasteiger partial charge in [-0.05, 0) is 55.2 Å². The van der Waals surface area contributed by atoms with E-state index < -0.39 is 10.0 Å². The fourth-order valence-corrected chi connectivity index (χ4v) is 4.42. The maximum absolute atomic E-state index is 12.7. The second-order valence-electron chi connectivity index (χ2n) is 6.07. The highest BCUT2D eigenvalue weighted by atomic mass is 32.2. The summed E-state index contributed by atoms with van der Waals surface area (Å²) in [6.45, 7) is 3.18. The Hall–Kier alpha value is -2.12. The molecule has 1 saturated heterocycles. The average molecular weight is 348 g/mol. The number of amides is 1. The monoisotopic (exact) mass is 348 g/mol. The van der Waals surface area contributed by atoms with Gasteiger partial charge < -0.3 is 9.73 Å². The lowest BCUT2D eigenvalue weighted by Gasteiger charge is -2.30. The number of carbonyl (C=O) groups excluding carboxylic acids is 1. The van der Waals surface area contributed by atoms with Crippen LogP contribution in [0.15, 0.2) is 52.0 Å². The Morgan fingerprint density at radius 2 is 2.00 bits per heavy atom. The molecule has 3 rings (SSSR count). The predicted molar refractivity (Wildman–Crippen MR) is 90.3 cm³/mol. The molecule has 1 fully saturated rings. The number of rotatable bonds is 4. The zero-order chi connectivity index (χ0) is 17.2. The van der Waals surface area contributed by atoms with Crippen molar-refractivity contribution in [3.63, 3.8) is 0 Å². The van der Waals surface area contributed by atoms with Crippen LogP contribution in [0.1, 0.15) is 30.3 Å². The second kappa shape index (κ2) is 6.78. The Kier molecular flexibility index (Phi) is 4.73. The SMILES string of the molecule is C[C@@H]1CCCN(S(=O)(=O)c2ccc(NC(=O)c3ccco3)cc2)C1. The van der Waals surface area contributed by atoms with E-state index in [4.69, 9.17) is 4.42 Å². The summed E-state index contributed by atoms with van der Waals surface area (Å²) in [6.07, 6.45) is 3.37. The smallest absolute Gasteiger partial charge is 0.291 e. The van der Waals surface area contributed by atoms with Crippen molar-refractivity contribution in [2.45, 2.75) is 24.7 Å². The van der Waals surface area contributed by atoms with Crippen LogP contribution in [0, 0.1) is 5.92 Å². The van der Waals surface area contributed by atoms with Crippen LogP contribution in [-0.4, -0.2) is 31.7 Å². The third kappa shape index (κ3) is 3.52. The molecule has 1 aromatic heterocycles. The molecule has 0 saturated carbocycles. The van der Waals surface area contributed by atoms with Gasteiger partial charge in [0, 0.05) is 18.8 Å². The van der Waals surface area contributed by atoms with E-state index in [2.05, 4.69) is 12.2 Å². The molecule has 0 radical (unpaired) electrons. The molecule has 1 aliphatic heterocycles. The predicted octanol–water partition coefficient (Wildman–Crippen LogP) is 2.95. The molecular formula is C17H20N2O4S. The van der Waals surface area contributed by atoms with Gasteiger partial charge in [0.05, 0.1) is 11.2 Å². The molecule has 1 atom stereocenters. The minimum Gasteiger partial charge on any atom is -0.459 e. The number of sulfonamides is 1. The summed E-state index contributed by atoms with van der Waals surface area (Å²) >= 11 is 0. The number of nitrogens with zero attached hydrogens (tertiary/aromatic N) is 1. The summed E-state index contributed by atoms with van der Waals surface area (Å²) in [7, 11) is -3.48. The fourth-order valence-electron chi connectivity index (χ4n) is 2.82. The topological polar surface area (TPSA) is 79.6 Å². The first-order valence-corrected chi connectivity index (χ1v) is 9.36. The van der Waals surface area contributed by atoms with Crippen LogP contribution >= 0.6 is 0 Å². The minimum absolute atomic E-state index is 0.203.